The fourth-order valence-corrected chi connectivity index (χ4v) is 2.69. The second-order valence-electron chi connectivity index (χ2n) is 5.27. The number of carbonyl (C=O) groups excluding carboxylic acids is 1. The number of hydrogen-bond acceptors (Lipinski definition) is 3. The van der Waals surface area contributed by atoms with Gasteiger partial charge in [0.05, 0.1) is 7.11 Å². The normalized spacial score (nSPS) is 20.3. The van der Waals surface area contributed by atoms with Crippen LogP contribution in [0.2, 0.25) is 0 Å². The Hall–Kier alpha value is -2.50. The Morgan fingerprint density at radius 2 is 1.65 bits per heavy atom. The number of carbonyl (C=O) groups is 1. The number of alkyl halides is 3. The Bertz CT molecular complexity index is 698. The van der Waals surface area contributed by atoms with Crippen LogP contribution < -0.4 is 9.64 Å². The maximum absolute atomic E-state index is 13.2. The lowest BCUT2D eigenvalue weighted by atomic mass is 10.1. The maximum atomic E-state index is 13.2. The standard InChI is InChI=1S/C17H14F3NO2/c1-23-13-9-7-12(8-10-13)21-14(16(21)17(18,19)20)15(22)11-5-3-2-4-6-11/h2-10,14,16H,1H3/t14-,16-,21?/m1/s1. The lowest BCUT2D eigenvalue weighted by Gasteiger charge is -2.08. The summed E-state index contributed by atoms with van der Waals surface area (Å²) in [5.74, 6) is 0.0221. The monoisotopic (exact) mass is 321 g/mol. The number of halogens is 3. The lowest BCUT2D eigenvalue weighted by molar-refractivity contribution is -0.127. The summed E-state index contributed by atoms with van der Waals surface area (Å²) in [6.45, 7) is 0. The highest BCUT2D eigenvalue weighted by molar-refractivity contribution is 6.06. The minimum absolute atomic E-state index is 0.280. The molecule has 120 valence electrons. The van der Waals surface area contributed by atoms with Crippen LogP contribution in [0.3, 0.4) is 0 Å². The van der Waals surface area contributed by atoms with Crippen molar-refractivity contribution in [3.05, 3.63) is 60.2 Å². The first-order valence-corrected chi connectivity index (χ1v) is 7.02. The van der Waals surface area contributed by atoms with E-state index in [0.717, 1.165) is 4.90 Å². The molecule has 1 fully saturated rings. The quantitative estimate of drug-likeness (QED) is 0.635. The zero-order chi connectivity index (χ0) is 16.6. The summed E-state index contributed by atoms with van der Waals surface area (Å²) in [6, 6.07) is 11.2. The number of nitrogens with zero attached hydrogens (tertiary/aromatic N) is 1. The van der Waals surface area contributed by atoms with E-state index in [4.69, 9.17) is 4.74 Å². The molecule has 3 nitrogen and oxygen atoms in total. The predicted molar refractivity (Wildman–Crippen MR) is 79.9 cm³/mol. The van der Waals surface area contributed by atoms with Crippen LogP contribution in [-0.4, -0.2) is 31.2 Å². The van der Waals surface area contributed by atoms with Gasteiger partial charge in [0.1, 0.15) is 11.8 Å². The first-order chi connectivity index (χ1) is 10.9. The number of ketones is 1. The Morgan fingerprint density at radius 3 is 2.17 bits per heavy atom. The molecule has 0 spiro atoms. The molecule has 1 aliphatic rings. The van der Waals surface area contributed by atoms with Gasteiger partial charge in [0.2, 0.25) is 0 Å². The number of benzene rings is 2. The van der Waals surface area contributed by atoms with E-state index in [2.05, 4.69) is 0 Å². The molecule has 0 radical (unpaired) electrons. The molecule has 1 saturated heterocycles. The molecule has 1 aliphatic heterocycles. The van der Waals surface area contributed by atoms with Gasteiger partial charge < -0.3 is 9.64 Å². The molecule has 0 aromatic heterocycles. The van der Waals surface area contributed by atoms with Crippen LogP contribution in [0, 0.1) is 0 Å². The molecular weight excluding hydrogens is 307 g/mol. The van der Waals surface area contributed by atoms with Gasteiger partial charge in [0, 0.05) is 11.3 Å². The number of anilines is 1. The highest BCUT2D eigenvalue weighted by Gasteiger charge is 2.66. The first kappa shape index (κ1) is 15.4. The van der Waals surface area contributed by atoms with Crippen LogP contribution in [0.25, 0.3) is 0 Å². The summed E-state index contributed by atoms with van der Waals surface area (Å²) in [7, 11) is 1.48. The molecule has 0 unspecified atom stereocenters. The van der Waals surface area contributed by atoms with Crippen LogP contribution >= 0.6 is 0 Å². The van der Waals surface area contributed by atoms with Crippen molar-refractivity contribution in [3.63, 3.8) is 0 Å². The minimum Gasteiger partial charge on any atom is -0.497 e. The summed E-state index contributed by atoms with van der Waals surface area (Å²) in [5, 5.41) is 0. The average Bonchev–Trinajstić information content (AvgIpc) is 3.31. The van der Waals surface area contributed by atoms with Gasteiger partial charge in [-0.05, 0) is 24.3 Å². The molecular formula is C17H14F3NO2. The molecule has 23 heavy (non-hydrogen) atoms. The van der Waals surface area contributed by atoms with Crippen molar-refractivity contribution in [2.24, 2.45) is 0 Å². The third-order valence-electron chi connectivity index (χ3n) is 3.84. The van der Waals surface area contributed by atoms with Crippen molar-refractivity contribution < 1.29 is 22.7 Å². The number of Topliss-reactive ketones (excluding diaryl/α,β-unsaturated/α-hetero) is 1. The predicted octanol–water partition coefficient (Wildman–Crippen LogP) is 3.70. The van der Waals surface area contributed by atoms with E-state index in [9.17, 15) is 18.0 Å². The molecule has 0 amide bonds. The highest BCUT2D eigenvalue weighted by atomic mass is 19.4. The average molecular weight is 321 g/mol. The molecule has 1 heterocycles. The largest absolute Gasteiger partial charge is 0.497 e. The minimum atomic E-state index is -4.46. The molecule has 0 bridgehead atoms. The molecule has 2 atom stereocenters. The summed E-state index contributed by atoms with van der Waals surface area (Å²) < 4.78 is 44.7. The Labute approximate surface area is 131 Å². The molecule has 0 saturated carbocycles. The second-order valence-corrected chi connectivity index (χ2v) is 5.27. The van der Waals surface area contributed by atoms with E-state index in [1.54, 1.807) is 30.3 Å². The first-order valence-electron chi connectivity index (χ1n) is 7.02. The van der Waals surface area contributed by atoms with E-state index >= 15 is 0 Å². The van der Waals surface area contributed by atoms with Crippen molar-refractivity contribution in [1.29, 1.82) is 0 Å². The van der Waals surface area contributed by atoms with Crippen LogP contribution in [0.15, 0.2) is 54.6 Å². The van der Waals surface area contributed by atoms with Crippen molar-refractivity contribution in [2.75, 3.05) is 12.0 Å². The van der Waals surface area contributed by atoms with Crippen molar-refractivity contribution in [1.82, 2.24) is 0 Å². The summed E-state index contributed by atoms with van der Waals surface area (Å²) >= 11 is 0. The van der Waals surface area contributed by atoms with Crippen LogP contribution in [0.4, 0.5) is 18.9 Å². The van der Waals surface area contributed by atoms with E-state index in [1.165, 1.54) is 31.4 Å². The SMILES string of the molecule is COc1ccc(N2[C@H](C(=O)c3ccccc3)[C@@H]2C(F)(F)F)cc1. The molecule has 2 aromatic rings. The Morgan fingerprint density at radius 1 is 1.04 bits per heavy atom. The number of ether oxygens (including phenoxy) is 1. The van der Waals surface area contributed by atoms with Crippen molar-refractivity contribution in [2.45, 2.75) is 18.3 Å². The summed E-state index contributed by atoms with van der Waals surface area (Å²) in [5.41, 5.74) is 0.630. The fourth-order valence-electron chi connectivity index (χ4n) is 2.69. The lowest BCUT2D eigenvalue weighted by Crippen LogP contribution is -2.23. The topological polar surface area (TPSA) is 29.3 Å². The third kappa shape index (κ3) is 2.88. The third-order valence-corrected chi connectivity index (χ3v) is 3.84. The number of methoxy groups -OCH3 is 1. The smallest absolute Gasteiger partial charge is 0.411 e. The van der Waals surface area contributed by atoms with Gasteiger partial charge in [-0.1, -0.05) is 30.3 Å². The van der Waals surface area contributed by atoms with Gasteiger partial charge in [-0.2, -0.15) is 13.2 Å². The Kier molecular flexibility index (Phi) is 3.75. The maximum Gasteiger partial charge on any atom is 0.411 e. The van der Waals surface area contributed by atoms with Gasteiger partial charge in [-0.15, -0.1) is 0 Å². The number of hydrogen-bond donors (Lipinski definition) is 0. The van der Waals surface area contributed by atoms with E-state index < -0.39 is 24.0 Å². The molecule has 0 N–H and O–H groups in total. The van der Waals surface area contributed by atoms with E-state index in [1.807, 2.05) is 0 Å². The van der Waals surface area contributed by atoms with Crippen molar-refractivity contribution >= 4 is 11.5 Å². The van der Waals surface area contributed by atoms with Gasteiger partial charge in [-0.3, -0.25) is 4.79 Å². The summed E-state index contributed by atoms with van der Waals surface area (Å²) in [6.07, 6.45) is -4.46. The van der Waals surface area contributed by atoms with Crippen molar-refractivity contribution in [3.8, 4) is 5.75 Å². The second kappa shape index (κ2) is 5.61. The fraction of sp³-hybridized carbons (Fsp3) is 0.235. The van der Waals surface area contributed by atoms with Gasteiger partial charge >= 0.3 is 6.18 Å². The Balaban J connectivity index is 1.90. The van der Waals surface area contributed by atoms with E-state index in [0.29, 0.717) is 11.4 Å². The highest BCUT2D eigenvalue weighted by Crippen LogP contribution is 2.46. The molecule has 6 heteroatoms. The number of rotatable bonds is 4. The molecule has 2 aromatic carbocycles. The van der Waals surface area contributed by atoms with Crippen LogP contribution in [0.1, 0.15) is 10.4 Å². The van der Waals surface area contributed by atoms with Gasteiger partial charge in [0.15, 0.2) is 11.8 Å². The van der Waals surface area contributed by atoms with E-state index in [-0.39, 0.29) is 5.56 Å². The zero-order valence-electron chi connectivity index (χ0n) is 12.2. The zero-order valence-corrected chi connectivity index (χ0v) is 12.2. The summed E-state index contributed by atoms with van der Waals surface area (Å²) in [4.78, 5) is 13.5. The molecule has 3 rings (SSSR count). The van der Waals surface area contributed by atoms with Crippen LogP contribution in [0.5, 0.6) is 5.75 Å². The van der Waals surface area contributed by atoms with Crippen LogP contribution in [-0.2, 0) is 0 Å². The molecule has 0 aliphatic carbocycles. The van der Waals surface area contributed by atoms with Gasteiger partial charge in [0.25, 0.3) is 0 Å². The van der Waals surface area contributed by atoms with Gasteiger partial charge in [-0.25, -0.2) is 0 Å².